The van der Waals surface area contributed by atoms with Crippen molar-refractivity contribution in [2.75, 3.05) is 13.1 Å². The molecule has 0 amide bonds. The average molecular weight is 155 g/mol. The lowest BCUT2D eigenvalue weighted by molar-refractivity contribution is -0.176. The third-order valence-corrected chi connectivity index (χ3v) is 1.28. The smallest absolute Gasteiger partial charge is 0.260 e. The summed E-state index contributed by atoms with van der Waals surface area (Å²) >= 11 is 0. The number of hydrogen-bond acceptors (Lipinski definition) is 3. The van der Waals surface area contributed by atoms with E-state index < -0.39 is 5.92 Å². The summed E-state index contributed by atoms with van der Waals surface area (Å²) in [4.78, 5) is 0. The Labute approximate surface area is 57.6 Å². The summed E-state index contributed by atoms with van der Waals surface area (Å²) in [5, 5.41) is 14.6. The van der Waals surface area contributed by atoms with Gasteiger partial charge >= 0.3 is 0 Å². The highest BCUT2D eigenvalue weighted by atomic mass is 19.3. The molecule has 5 heteroatoms. The van der Waals surface area contributed by atoms with Crippen LogP contribution in [0.3, 0.4) is 0 Å². The highest BCUT2D eigenvalue weighted by molar-refractivity contribution is 4.74. The zero-order chi connectivity index (χ0) is 8.04. The predicted octanol–water partition coefficient (Wildman–Crippen LogP) is 1.02. The molecule has 0 aromatic rings. The Morgan fingerprint density at radius 2 is 1.90 bits per heavy atom. The summed E-state index contributed by atoms with van der Waals surface area (Å²) in [6.45, 7) is 0.614. The second kappa shape index (κ2) is 4.54. The van der Waals surface area contributed by atoms with Gasteiger partial charge in [-0.2, -0.15) is 0 Å². The van der Waals surface area contributed by atoms with Gasteiger partial charge in [-0.1, -0.05) is 0 Å². The first-order valence-electron chi connectivity index (χ1n) is 2.99. The molecule has 0 aromatic heterocycles. The first-order chi connectivity index (χ1) is 4.71. The fraction of sp³-hybridized carbons (Fsp3) is 1.00. The molecule has 1 fully saturated rings. The van der Waals surface area contributed by atoms with E-state index in [0.717, 1.165) is 6.54 Å². The fourth-order valence-corrected chi connectivity index (χ4v) is 0.832. The topological polar surface area (TPSA) is 52.5 Å². The van der Waals surface area contributed by atoms with Gasteiger partial charge in [0.1, 0.15) is 0 Å². The SMILES string of the molecule is FC1(F)CCCNC1.OO. The Hall–Kier alpha value is -0.260. The van der Waals surface area contributed by atoms with E-state index in [2.05, 4.69) is 5.32 Å². The minimum atomic E-state index is -2.43. The summed E-state index contributed by atoms with van der Waals surface area (Å²) < 4.78 is 24.3. The summed E-state index contributed by atoms with van der Waals surface area (Å²) in [5.41, 5.74) is 0. The monoisotopic (exact) mass is 155 g/mol. The van der Waals surface area contributed by atoms with Gasteiger partial charge < -0.3 is 5.32 Å². The molecule has 10 heavy (non-hydrogen) atoms. The first-order valence-corrected chi connectivity index (χ1v) is 2.99. The van der Waals surface area contributed by atoms with Crippen molar-refractivity contribution in [3.05, 3.63) is 0 Å². The largest absolute Gasteiger partial charge is 0.311 e. The first kappa shape index (κ1) is 9.74. The van der Waals surface area contributed by atoms with Crippen LogP contribution >= 0.6 is 0 Å². The van der Waals surface area contributed by atoms with E-state index in [1.54, 1.807) is 0 Å². The van der Waals surface area contributed by atoms with Gasteiger partial charge in [0.2, 0.25) is 0 Å². The van der Waals surface area contributed by atoms with Gasteiger partial charge in [-0.05, 0) is 13.0 Å². The van der Waals surface area contributed by atoms with Crippen LogP contribution in [0.1, 0.15) is 12.8 Å². The summed E-state index contributed by atoms with van der Waals surface area (Å²) in [5.74, 6) is -2.43. The number of rotatable bonds is 0. The van der Waals surface area contributed by atoms with Crippen LogP contribution in [0.15, 0.2) is 0 Å². The third-order valence-electron chi connectivity index (χ3n) is 1.28. The molecule has 62 valence electrons. The van der Waals surface area contributed by atoms with Crippen LogP contribution in [-0.2, 0) is 0 Å². The molecule has 3 nitrogen and oxygen atoms in total. The average Bonchev–Trinajstić information content (AvgIpc) is 1.92. The lowest BCUT2D eigenvalue weighted by Crippen LogP contribution is -2.38. The Bertz CT molecular complexity index is 81.7. The quantitative estimate of drug-likeness (QED) is 0.361. The van der Waals surface area contributed by atoms with E-state index in [9.17, 15) is 8.78 Å². The van der Waals surface area contributed by atoms with Gasteiger partial charge in [-0.25, -0.2) is 8.78 Å². The maximum atomic E-state index is 12.1. The molecule has 1 rings (SSSR count). The Kier molecular flexibility index (Phi) is 4.42. The van der Waals surface area contributed by atoms with Gasteiger partial charge in [-0.3, -0.25) is 10.5 Å². The molecule has 0 radical (unpaired) electrons. The van der Waals surface area contributed by atoms with Crippen molar-refractivity contribution in [1.29, 1.82) is 0 Å². The molecule has 0 aromatic carbocycles. The van der Waals surface area contributed by atoms with Crippen LogP contribution in [0.4, 0.5) is 8.78 Å². The number of hydrogen-bond donors (Lipinski definition) is 3. The second-order valence-corrected chi connectivity index (χ2v) is 2.14. The zero-order valence-electron chi connectivity index (χ0n) is 5.48. The van der Waals surface area contributed by atoms with Crippen LogP contribution in [0.25, 0.3) is 0 Å². The second-order valence-electron chi connectivity index (χ2n) is 2.14. The Morgan fingerprint density at radius 3 is 2.10 bits per heavy atom. The lowest BCUT2D eigenvalue weighted by atomic mass is 10.1. The number of nitrogens with one attached hydrogen (secondary N) is 1. The molecular formula is C5H11F2NO2. The Morgan fingerprint density at radius 1 is 1.30 bits per heavy atom. The van der Waals surface area contributed by atoms with E-state index in [-0.39, 0.29) is 13.0 Å². The van der Waals surface area contributed by atoms with Crippen molar-refractivity contribution in [3.63, 3.8) is 0 Å². The van der Waals surface area contributed by atoms with Crippen molar-refractivity contribution >= 4 is 0 Å². The number of alkyl halides is 2. The van der Waals surface area contributed by atoms with Crippen LogP contribution in [0.5, 0.6) is 0 Å². The van der Waals surface area contributed by atoms with Crippen molar-refractivity contribution in [2.45, 2.75) is 18.8 Å². The van der Waals surface area contributed by atoms with E-state index in [4.69, 9.17) is 10.5 Å². The molecule has 1 aliphatic rings. The van der Waals surface area contributed by atoms with Crippen molar-refractivity contribution < 1.29 is 19.3 Å². The molecule has 1 heterocycles. The van der Waals surface area contributed by atoms with Gasteiger partial charge in [0.05, 0.1) is 6.54 Å². The van der Waals surface area contributed by atoms with Gasteiger partial charge in [0, 0.05) is 6.42 Å². The lowest BCUT2D eigenvalue weighted by Gasteiger charge is -2.21. The van der Waals surface area contributed by atoms with Crippen LogP contribution in [-0.4, -0.2) is 29.5 Å². The summed E-state index contributed by atoms with van der Waals surface area (Å²) in [7, 11) is 0. The third kappa shape index (κ3) is 3.71. The zero-order valence-corrected chi connectivity index (χ0v) is 5.48. The van der Waals surface area contributed by atoms with E-state index in [1.807, 2.05) is 0 Å². The Balaban J connectivity index is 0.000000371. The molecule has 1 saturated heterocycles. The van der Waals surface area contributed by atoms with Crippen LogP contribution in [0, 0.1) is 0 Å². The maximum absolute atomic E-state index is 12.1. The van der Waals surface area contributed by atoms with E-state index in [1.165, 1.54) is 0 Å². The molecule has 3 N–H and O–H groups in total. The van der Waals surface area contributed by atoms with Crippen molar-refractivity contribution in [2.24, 2.45) is 0 Å². The number of piperidine rings is 1. The summed E-state index contributed by atoms with van der Waals surface area (Å²) in [6, 6.07) is 0. The van der Waals surface area contributed by atoms with Gasteiger partial charge in [-0.15, -0.1) is 0 Å². The fourth-order valence-electron chi connectivity index (χ4n) is 0.832. The van der Waals surface area contributed by atoms with E-state index in [0.29, 0.717) is 6.42 Å². The van der Waals surface area contributed by atoms with Gasteiger partial charge in [0.25, 0.3) is 5.92 Å². The highest BCUT2D eigenvalue weighted by Gasteiger charge is 2.30. The maximum Gasteiger partial charge on any atom is 0.260 e. The van der Waals surface area contributed by atoms with Crippen molar-refractivity contribution in [1.82, 2.24) is 5.32 Å². The van der Waals surface area contributed by atoms with Crippen molar-refractivity contribution in [3.8, 4) is 0 Å². The van der Waals surface area contributed by atoms with E-state index >= 15 is 0 Å². The standard InChI is InChI=1S/C5H9F2N.H2O2/c6-5(7)2-1-3-8-4-5;1-2/h8H,1-4H2;1-2H. The molecule has 0 atom stereocenters. The van der Waals surface area contributed by atoms with Crippen LogP contribution in [0.2, 0.25) is 0 Å². The van der Waals surface area contributed by atoms with Gasteiger partial charge in [0.15, 0.2) is 0 Å². The molecule has 0 unspecified atom stereocenters. The minimum absolute atomic E-state index is 0.0556. The highest BCUT2D eigenvalue weighted by Crippen LogP contribution is 2.21. The molecule has 0 spiro atoms. The number of halogens is 2. The summed E-state index contributed by atoms with van der Waals surface area (Å²) in [6.07, 6.45) is 0.660. The minimum Gasteiger partial charge on any atom is -0.311 e. The molecule has 0 saturated carbocycles. The molecule has 1 aliphatic heterocycles. The molecule has 0 bridgehead atoms. The van der Waals surface area contributed by atoms with Crippen LogP contribution < -0.4 is 5.32 Å². The molecular weight excluding hydrogens is 144 g/mol. The molecule has 0 aliphatic carbocycles. The predicted molar refractivity (Wildman–Crippen MR) is 32.3 cm³/mol. The normalized spacial score (nSPS) is 22.8.